The lowest BCUT2D eigenvalue weighted by Gasteiger charge is -2.35. The van der Waals surface area contributed by atoms with E-state index in [1.54, 1.807) is 24.3 Å². The maximum atomic E-state index is 11.8. The molecule has 7 heteroatoms. The van der Waals surface area contributed by atoms with Gasteiger partial charge in [0.15, 0.2) is 0 Å². The SMILES string of the molecule is COC(=O)c1cccc(O[C@@H]2C[C@@H]3CN(Cc4cc(C#N)n(C)c4C)C[C@@H]3C[C@H]2O)c1. The molecule has 4 atom stereocenters. The lowest BCUT2D eigenvalue weighted by molar-refractivity contribution is -0.0231. The number of esters is 1. The van der Waals surface area contributed by atoms with Crippen LogP contribution in [-0.4, -0.2) is 53.0 Å². The Labute approximate surface area is 182 Å². The molecule has 1 saturated carbocycles. The van der Waals surface area contributed by atoms with Gasteiger partial charge in [-0.1, -0.05) is 6.07 Å². The van der Waals surface area contributed by atoms with Crippen LogP contribution < -0.4 is 4.74 Å². The molecule has 164 valence electrons. The van der Waals surface area contributed by atoms with Crippen LogP contribution in [0.25, 0.3) is 0 Å². The van der Waals surface area contributed by atoms with Crippen LogP contribution in [-0.2, 0) is 18.3 Å². The highest BCUT2D eigenvalue weighted by atomic mass is 16.5. The molecule has 2 heterocycles. The van der Waals surface area contributed by atoms with Gasteiger partial charge in [-0.15, -0.1) is 0 Å². The van der Waals surface area contributed by atoms with E-state index in [-0.39, 0.29) is 6.10 Å². The van der Waals surface area contributed by atoms with Gasteiger partial charge < -0.3 is 19.1 Å². The predicted molar refractivity (Wildman–Crippen MR) is 115 cm³/mol. The predicted octanol–water partition coefficient (Wildman–Crippen LogP) is 2.64. The van der Waals surface area contributed by atoms with Gasteiger partial charge in [-0.2, -0.15) is 5.26 Å². The van der Waals surface area contributed by atoms with Crippen LogP contribution in [0.2, 0.25) is 0 Å². The fraction of sp³-hybridized carbons (Fsp3) is 0.500. The lowest BCUT2D eigenvalue weighted by atomic mass is 9.78. The minimum atomic E-state index is -0.536. The van der Waals surface area contributed by atoms with Crippen molar-refractivity contribution in [1.29, 1.82) is 5.26 Å². The molecule has 31 heavy (non-hydrogen) atoms. The normalized spacial score (nSPS) is 25.6. The van der Waals surface area contributed by atoms with Crippen LogP contribution in [0, 0.1) is 30.1 Å². The number of likely N-dealkylation sites (tertiary alicyclic amines) is 1. The standard InChI is InChI=1S/C24H29N3O4/c1-15-17(7-20(11-25)26(15)2)12-27-13-18-9-22(28)23(10-19(18)14-27)31-21-6-4-5-16(8-21)24(29)30-3/h4-8,18-19,22-23,28H,9-10,12-14H2,1-3H3/t18-,19+,22+,23+/m0/s1. The van der Waals surface area contributed by atoms with E-state index in [0.717, 1.165) is 31.7 Å². The first-order valence-electron chi connectivity index (χ1n) is 10.7. The van der Waals surface area contributed by atoms with Crippen LogP contribution in [0.4, 0.5) is 0 Å². The van der Waals surface area contributed by atoms with Crippen LogP contribution in [0.1, 0.15) is 40.2 Å². The zero-order valence-electron chi connectivity index (χ0n) is 18.2. The van der Waals surface area contributed by atoms with E-state index < -0.39 is 12.1 Å². The number of aromatic nitrogens is 1. The Morgan fingerprint density at radius 2 is 2.00 bits per heavy atom. The summed E-state index contributed by atoms with van der Waals surface area (Å²) >= 11 is 0. The number of methoxy groups -OCH3 is 1. The summed E-state index contributed by atoms with van der Waals surface area (Å²) in [5.74, 6) is 1.06. The van der Waals surface area contributed by atoms with E-state index in [4.69, 9.17) is 9.47 Å². The largest absolute Gasteiger partial charge is 0.488 e. The third-order valence-electron chi connectivity index (χ3n) is 6.85. The zero-order chi connectivity index (χ0) is 22.1. The minimum Gasteiger partial charge on any atom is -0.488 e. The Hall–Kier alpha value is -2.82. The van der Waals surface area contributed by atoms with Gasteiger partial charge in [-0.05, 0) is 61.4 Å². The number of nitriles is 1. The number of aliphatic hydroxyl groups is 1. The van der Waals surface area contributed by atoms with Crippen molar-refractivity contribution >= 4 is 5.97 Å². The molecule has 2 fully saturated rings. The average molecular weight is 424 g/mol. The quantitative estimate of drug-likeness (QED) is 0.744. The van der Waals surface area contributed by atoms with E-state index in [2.05, 4.69) is 17.9 Å². The number of nitrogens with zero attached hydrogens (tertiary/aromatic N) is 3. The number of hydrogen-bond acceptors (Lipinski definition) is 6. The highest BCUT2D eigenvalue weighted by molar-refractivity contribution is 5.89. The molecule has 1 aliphatic heterocycles. The van der Waals surface area contributed by atoms with Crippen molar-refractivity contribution in [3.63, 3.8) is 0 Å². The average Bonchev–Trinajstić information content (AvgIpc) is 3.28. The fourth-order valence-electron chi connectivity index (χ4n) is 5.00. The first kappa shape index (κ1) is 21.4. The van der Waals surface area contributed by atoms with Crippen LogP contribution in [0.3, 0.4) is 0 Å². The maximum Gasteiger partial charge on any atom is 0.337 e. The maximum absolute atomic E-state index is 11.8. The second-order valence-electron chi connectivity index (χ2n) is 8.74. The van der Waals surface area contributed by atoms with Gasteiger partial charge >= 0.3 is 5.97 Å². The van der Waals surface area contributed by atoms with E-state index in [0.29, 0.717) is 35.3 Å². The molecule has 1 aromatic heterocycles. The monoisotopic (exact) mass is 423 g/mol. The summed E-state index contributed by atoms with van der Waals surface area (Å²) in [6.45, 7) is 4.77. The number of ether oxygens (including phenoxy) is 2. The topological polar surface area (TPSA) is 87.7 Å². The highest BCUT2D eigenvalue weighted by Gasteiger charge is 2.42. The van der Waals surface area contributed by atoms with Crippen molar-refractivity contribution in [2.24, 2.45) is 18.9 Å². The number of aliphatic hydroxyl groups excluding tert-OH is 1. The Bertz CT molecular complexity index is 1010. The summed E-state index contributed by atoms with van der Waals surface area (Å²) in [7, 11) is 3.28. The summed E-state index contributed by atoms with van der Waals surface area (Å²) in [6.07, 6.45) is 0.659. The molecule has 2 aromatic rings. The van der Waals surface area contributed by atoms with Crippen molar-refractivity contribution in [2.45, 2.75) is 38.5 Å². The van der Waals surface area contributed by atoms with Crippen molar-refractivity contribution in [2.75, 3.05) is 20.2 Å². The van der Waals surface area contributed by atoms with E-state index in [1.807, 2.05) is 17.7 Å². The Kier molecular flexibility index (Phi) is 6.03. The van der Waals surface area contributed by atoms with Crippen LogP contribution >= 0.6 is 0 Å². The molecule has 1 aliphatic carbocycles. The molecule has 0 spiro atoms. The van der Waals surface area contributed by atoms with Crippen molar-refractivity contribution in [1.82, 2.24) is 9.47 Å². The smallest absolute Gasteiger partial charge is 0.337 e. The molecule has 2 aliphatic rings. The molecule has 1 aromatic carbocycles. The van der Waals surface area contributed by atoms with Crippen molar-refractivity contribution in [3.8, 4) is 11.8 Å². The number of benzene rings is 1. The molecular weight excluding hydrogens is 394 g/mol. The number of carbonyl (C=O) groups is 1. The van der Waals surface area contributed by atoms with E-state index in [1.165, 1.54) is 12.7 Å². The minimum absolute atomic E-state index is 0.294. The van der Waals surface area contributed by atoms with Gasteiger partial charge in [0.05, 0.1) is 18.8 Å². The second kappa shape index (κ2) is 8.74. The first-order chi connectivity index (χ1) is 14.9. The summed E-state index contributed by atoms with van der Waals surface area (Å²) < 4.78 is 12.8. The number of fused-ring (bicyclic) bond motifs is 1. The Morgan fingerprint density at radius 1 is 1.26 bits per heavy atom. The third kappa shape index (κ3) is 4.32. The van der Waals surface area contributed by atoms with Gasteiger partial charge in [0, 0.05) is 32.4 Å². The second-order valence-corrected chi connectivity index (χ2v) is 8.74. The van der Waals surface area contributed by atoms with Crippen molar-refractivity contribution < 1.29 is 19.4 Å². The molecule has 0 bridgehead atoms. The highest BCUT2D eigenvalue weighted by Crippen LogP contribution is 2.38. The molecular formula is C24H29N3O4. The van der Waals surface area contributed by atoms with Crippen LogP contribution in [0.5, 0.6) is 5.75 Å². The summed E-state index contributed by atoms with van der Waals surface area (Å²) in [5.41, 5.74) is 3.43. The number of rotatable bonds is 5. The molecule has 0 unspecified atom stereocenters. The van der Waals surface area contributed by atoms with Crippen LogP contribution in [0.15, 0.2) is 30.3 Å². The number of hydrogen-bond donors (Lipinski definition) is 1. The van der Waals surface area contributed by atoms with E-state index in [9.17, 15) is 15.2 Å². The molecule has 0 radical (unpaired) electrons. The zero-order valence-corrected chi connectivity index (χ0v) is 18.2. The third-order valence-corrected chi connectivity index (χ3v) is 6.85. The van der Waals surface area contributed by atoms with Crippen molar-refractivity contribution in [3.05, 3.63) is 52.8 Å². The van der Waals surface area contributed by atoms with Gasteiger partial charge in [-0.3, -0.25) is 4.90 Å². The van der Waals surface area contributed by atoms with Gasteiger partial charge in [0.25, 0.3) is 0 Å². The van der Waals surface area contributed by atoms with Gasteiger partial charge in [-0.25, -0.2) is 4.79 Å². The molecule has 0 amide bonds. The summed E-state index contributed by atoms with van der Waals surface area (Å²) in [6, 6.07) is 11.1. The molecule has 1 saturated heterocycles. The van der Waals surface area contributed by atoms with E-state index >= 15 is 0 Å². The Balaban J connectivity index is 1.40. The molecule has 7 nitrogen and oxygen atoms in total. The summed E-state index contributed by atoms with van der Waals surface area (Å²) in [5, 5.41) is 20.0. The lowest BCUT2D eigenvalue weighted by Crippen LogP contribution is -2.42. The Morgan fingerprint density at radius 3 is 2.68 bits per heavy atom. The molecule has 1 N–H and O–H groups in total. The van der Waals surface area contributed by atoms with Gasteiger partial charge in [0.1, 0.15) is 23.6 Å². The summed E-state index contributed by atoms with van der Waals surface area (Å²) in [4.78, 5) is 14.2. The number of carbonyl (C=O) groups excluding carboxylic acids is 1. The van der Waals surface area contributed by atoms with Gasteiger partial charge in [0.2, 0.25) is 0 Å². The fourth-order valence-corrected chi connectivity index (χ4v) is 5.00. The first-order valence-corrected chi connectivity index (χ1v) is 10.7. The molecule has 4 rings (SSSR count).